The summed E-state index contributed by atoms with van der Waals surface area (Å²) in [4.78, 5) is 12.7. The molecule has 1 heterocycles. The minimum Gasteiger partial charge on any atom is -0.316 e. The predicted molar refractivity (Wildman–Crippen MR) is 46.1 cm³/mol. The van der Waals surface area contributed by atoms with Crippen molar-refractivity contribution in [3.63, 3.8) is 0 Å². The number of nitrogens with one attached hydrogen (secondary N) is 2. The molecule has 1 fully saturated rings. The molecule has 0 radical (unpaired) electrons. The Morgan fingerprint density at radius 3 is 2.50 bits per heavy atom. The number of carbonyl (C=O) groups is 1. The Kier molecular flexibility index (Phi) is 4.09. The van der Waals surface area contributed by atoms with Crippen molar-refractivity contribution in [2.75, 3.05) is 19.6 Å². The van der Waals surface area contributed by atoms with Crippen LogP contribution in [-0.2, 0) is 9.74 Å². The summed E-state index contributed by atoms with van der Waals surface area (Å²) in [5.74, 6) is -2.37. The first-order chi connectivity index (χ1) is 7.40. The van der Waals surface area contributed by atoms with Crippen LogP contribution in [0.25, 0.3) is 0 Å². The van der Waals surface area contributed by atoms with Gasteiger partial charge in [-0.25, -0.2) is 19.4 Å². The quantitative estimate of drug-likeness (QED) is 0.564. The Morgan fingerprint density at radius 2 is 2.00 bits per heavy atom. The molecule has 0 atom stereocenters. The Bertz CT molecular complexity index is 256. The molecule has 94 valence electrons. The Hall–Kier alpha value is -0.890. The highest BCUT2D eigenvalue weighted by Crippen LogP contribution is 2.24. The van der Waals surface area contributed by atoms with Crippen LogP contribution in [0.2, 0.25) is 0 Å². The smallest absolute Gasteiger partial charge is 0.316 e. The molecule has 2 N–H and O–H groups in total. The summed E-state index contributed by atoms with van der Waals surface area (Å²) in [5, 5.41) is 4.23. The fourth-order valence-corrected chi connectivity index (χ4v) is 1.44. The first-order valence-electron chi connectivity index (χ1n) is 4.75. The van der Waals surface area contributed by atoms with Crippen LogP contribution in [0.5, 0.6) is 0 Å². The van der Waals surface area contributed by atoms with Crippen molar-refractivity contribution in [1.29, 1.82) is 0 Å². The average Bonchev–Trinajstić information content (AvgIpc) is 2.27. The lowest BCUT2D eigenvalue weighted by Gasteiger charge is -2.31. The second kappa shape index (κ2) is 4.96. The monoisotopic (exact) mass is 244 g/mol. The van der Waals surface area contributed by atoms with E-state index in [1.54, 1.807) is 0 Å². The highest BCUT2D eigenvalue weighted by atomic mass is 19.3. The third-order valence-electron chi connectivity index (χ3n) is 2.45. The summed E-state index contributed by atoms with van der Waals surface area (Å²) in [5.41, 5.74) is -1.81. The van der Waals surface area contributed by atoms with Gasteiger partial charge in [-0.15, -0.1) is 0 Å². The van der Waals surface area contributed by atoms with Gasteiger partial charge in [0.1, 0.15) is 5.67 Å². The first-order valence-corrected chi connectivity index (χ1v) is 4.75. The lowest BCUT2D eigenvalue weighted by Crippen LogP contribution is -2.53. The molecule has 0 aromatic rings. The third kappa shape index (κ3) is 3.31. The van der Waals surface area contributed by atoms with Crippen molar-refractivity contribution in [2.24, 2.45) is 0 Å². The van der Waals surface area contributed by atoms with Crippen molar-refractivity contribution in [2.45, 2.75) is 24.6 Å². The summed E-state index contributed by atoms with van der Waals surface area (Å²) in [7, 11) is 0. The third-order valence-corrected chi connectivity index (χ3v) is 2.45. The zero-order valence-electron chi connectivity index (χ0n) is 8.36. The molecular weight excluding hydrogens is 232 g/mol. The number of hydrogen-bond acceptors (Lipinski definition) is 4. The van der Waals surface area contributed by atoms with Crippen molar-refractivity contribution < 1.29 is 27.4 Å². The Balaban J connectivity index is 2.46. The number of carbonyl (C=O) groups excluding carboxylic acids is 1. The molecule has 16 heavy (non-hydrogen) atoms. The van der Waals surface area contributed by atoms with Crippen LogP contribution in [0.1, 0.15) is 12.8 Å². The number of alkyl halides is 3. The van der Waals surface area contributed by atoms with Gasteiger partial charge in [-0.2, -0.15) is 8.78 Å². The normalized spacial score (nSPS) is 20.5. The molecule has 0 unspecified atom stereocenters. The summed E-state index contributed by atoms with van der Waals surface area (Å²) < 4.78 is 50.5. The maximum Gasteiger partial charge on any atom is 0.433 e. The zero-order valence-corrected chi connectivity index (χ0v) is 8.36. The summed E-state index contributed by atoms with van der Waals surface area (Å²) in [6.07, 6.45) is 0.113. The highest BCUT2D eigenvalue weighted by molar-refractivity contribution is 5.76. The molecule has 1 aliphatic heterocycles. The number of rotatable bonds is 4. The Labute approximate surface area is 89.2 Å². The molecule has 0 amide bonds. The van der Waals surface area contributed by atoms with E-state index in [2.05, 4.69) is 10.3 Å². The topological polar surface area (TPSA) is 50.4 Å². The predicted octanol–water partition coefficient (Wildman–Crippen LogP) is 0.688. The van der Waals surface area contributed by atoms with Gasteiger partial charge in [0, 0.05) is 11.1 Å². The summed E-state index contributed by atoms with van der Waals surface area (Å²) in [6, 6.07) is -4.21. The molecular formula is C8H12F4N2O2. The van der Waals surface area contributed by atoms with E-state index in [1.165, 1.54) is 5.32 Å². The molecule has 0 aliphatic carbocycles. The molecule has 1 saturated heterocycles. The van der Waals surface area contributed by atoms with Crippen molar-refractivity contribution in [3.8, 4) is 0 Å². The molecule has 0 aromatic heterocycles. The van der Waals surface area contributed by atoms with Gasteiger partial charge in [-0.3, -0.25) is 0 Å². The van der Waals surface area contributed by atoms with Crippen LogP contribution in [0, 0.1) is 0 Å². The Morgan fingerprint density at radius 1 is 1.44 bits per heavy atom. The number of halogens is 4. The summed E-state index contributed by atoms with van der Waals surface area (Å²) >= 11 is 0. The lowest BCUT2D eigenvalue weighted by molar-refractivity contribution is -0.216. The van der Waals surface area contributed by atoms with Gasteiger partial charge in [0.25, 0.3) is 0 Å². The fraction of sp³-hybridized carbons (Fsp3) is 0.875. The van der Waals surface area contributed by atoms with E-state index < -0.39 is 24.2 Å². The summed E-state index contributed by atoms with van der Waals surface area (Å²) in [6.45, 7) is 0.0192. The average molecular weight is 244 g/mol. The van der Waals surface area contributed by atoms with E-state index in [9.17, 15) is 22.5 Å². The standard InChI is InChI=1S/C8H12F4N2O2/c9-7(1-3-13-4-2-7)5-14-8(10,11)6(15)16-12/h13-14H,1-5H2. The van der Waals surface area contributed by atoms with Crippen LogP contribution in [0.3, 0.4) is 0 Å². The van der Waals surface area contributed by atoms with E-state index in [0.29, 0.717) is 13.1 Å². The first kappa shape index (κ1) is 13.2. The minimum absolute atomic E-state index is 0.0563. The molecule has 0 aromatic carbocycles. The van der Waals surface area contributed by atoms with E-state index in [4.69, 9.17) is 0 Å². The van der Waals surface area contributed by atoms with Crippen molar-refractivity contribution >= 4 is 5.97 Å². The molecule has 0 saturated carbocycles. The van der Waals surface area contributed by atoms with Crippen LogP contribution in [-0.4, -0.2) is 37.3 Å². The van der Waals surface area contributed by atoms with Gasteiger partial charge in [-0.05, 0) is 25.9 Å². The largest absolute Gasteiger partial charge is 0.433 e. The van der Waals surface area contributed by atoms with Crippen LogP contribution in [0.4, 0.5) is 17.7 Å². The van der Waals surface area contributed by atoms with Gasteiger partial charge < -0.3 is 5.32 Å². The van der Waals surface area contributed by atoms with E-state index in [-0.39, 0.29) is 12.8 Å². The number of piperidine rings is 1. The van der Waals surface area contributed by atoms with Gasteiger partial charge in [0.05, 0.1) is 0 Å². The maximum atomic E-state index is 13.8. The number of hydrogen-bond donors (Lipinski definition) is 2. The SMILES string of the molecule is O=C(OF)C(F)(F)NCC1(F)CCNCC1. The minimum atomic E-state index is -4.21. The molecule has 0 bridgehead atoms. The van der Waals surface area contributed by atoms with Gasteiger partial charge >= 0.3 is 12.0 Å². The second-order valence-corrected chi connectivity index (χ2v) is 3.69. The lowest BCUT2D eigenvalue weighted by atomic mass is 9.94. The molecule has 1 rings (SSSR count). The van der Waals surface area contributed by atoms with Crippen LogP contribution in [0.15, 0.2) is 0 Å². The fourth-order valence-electron chi connectivity index (χ4n) is 1.44. The second-order valence-electron chi connectivity index (χ2n) is 3.69. The molecule has 4 nitrogen and oxygen atoms in total. The van der Waals surface area contributed by atoms with E-state index in [0.717, 1.165) is 0 Å². The van der Waals surface area contributed by atoms with Gasteiger partial charge in [-0.1, -0.05) is 0 Å². The zero-order chi connectivity index (χ0) is 12.2. The van der Waals surface area contributed by atoms with Crippen molar-refractivity contribution in [1.82, 2.24) is 10.6 Å². The molecule has 0 spiro atoms. The molecule has 1 aliphatic rings. The highest BCUT2D eigenvalue weighted by Gasteiger charge is 2.44. The maximum absolute atomic E-state index is 13.8. The van der Waals surface area contributed by atoms with Gasteiger partial charge in [0.15, 0.2) is 0 Å². The molecule has 8 heteroatoms. The van der Waals surface area contributed by atoms with Gasteiger partial charge in [0.2, 0.25) is 0 Å². The van der Waals surface area contributed by atoms with Crippen LogP contribution >= 0.6 is 0 Å². The van der Waals surface area contributed by atoms with Crippen molar-refractivity contribution in [3.05, 3.63) is 0 Å². The van der Waals surface area contributed by atoms with E-state index in [1.807, 2.05) is 0 Å². The van der Waals surface area contributed by atoms with Crippen LogP contribution < -0.4 is 10.6 Å². The van der Waals surface area contributed by atoms with E-state index >= 15 is 0 Å².